The number of alkyl halides is 1. The molecule has 0 unspecified atom stereocenters. The lowest BCUT2D eigenvalue weighted by atomic mass is 9.86. The molecule has 1 aliphatic carbocycles. The van der Waals surface area contributed by atoms with Gasteiger partial charge in [-0.25, -0.2) is 0 Å². The molecule has 3 rings (SSSR count). The number of methoxy groups -OCH3 is 1. The Hall–Kier alpha value is -2.07. The second kappa shape index (κ2) is 6.36. The van der Waals surface area contributed by atoms with E-state index in [0.29, 0.717) is 12.4 Å². The van der Waals surface area contributed by atoms with Crippen molar-refractivity contribution in [2.24, 2.45) is 0 Å². The number of ketones is 1. The summed E-state index contributed by atoms with van der Waals surface area (Å²) in [5.41, 5.74) is 3.58. The Morgan fingerprint density at radius 2 is 2.27 bits per heavy atom. The third-order valence-electron chi connectivity index (χ3n) is 3.82. The van der Waals surface area contributed by atoms with Gasteiger partial charge in [-0.15, -0.1) is 11.6 Å². The molecule has 0 saturated carbocycles. The number of aryl methyl sites for hydroxylation is 2. The number of hydrogen-bond donors (Lipinski definition) is 0. The zero-order valence-electron chi connectivity index (χ0n) is 12.4. The summed E-state index contributed by atoms with van der Waals surface area (Å²) in [4.78, 5) is 12.6. The Bertz CT molecular complexity index is 734. The molecule has 1 aromatic carbocycles. The number of aromatic nitrogens is 2. The first-order chi connectivity index (χ1) is 10.7. The van der Waals surface area contributed by atoms with Gasteiger partial charge in [0.05, 0.1) is 19.9 Å². The molecule has 0 bridgehead atoms. The van der Waals surface area contributed by atoms with Crippen LogP contribution >= 0.6 is 11.6 Å². The molecular formula is C17H17ClN2O2. The number of benzene rings is 1. The van der Waals surface area contributed by atoms with Gasteiger partial charge in [-0.3, -0.25) is 9.48 Å². The van der Waals surface area contributed by atoms with Crippen LogP contribution in [0.2, 0.25) is 0 Å². The maximum absolute atomic E-state index is 12.6. The van der Waals surface area contributed by atoms with Crippen LogP contribution in [0.5, 0.6) is 5.75 Å². The fraction of sp³-hybridized carbons (Fsp3) is 0.294. The first kappa shape index (κ1) is 14.9. The molecule has 0 fully saturated rings. The number of nitrogens with zero attached hydrogens (tertiary/aromatic N) is 2. The van der Waals surface area contributed by atoms with E-state index < -0.39 is 0 Å². The van der Waals surface area contributed by atoms with Crippen molar-refractivity contribution in [1.82, 2.24) is 9.78 Å². The summed E-state index contributed by atoms with van der Waals surface area (Å²) >= 11 is 5.70. The first-order valence-electron chi connectivity index (χ1n) is 7.22. The molecule has 1 heterocycles. The number of carbonyl (C=O) groups excluding carboxylic acids is 1. The van der Waals surface area contributed by atoms with E-state index in [2.05, 4.69) is 5.10 Å². The standard InChI is InChI=1S/C17H17ClN2O2/c1-22-15-4-5-16-13(9-15)2-3-14(17(16)21)8-12-10-19-20(11-12)7-6-18/h4-5,8-11H,2-3,6-7H2,1H3/b14-8+. The highest BCUT2D eigenvalue weighted by molar-refractivity contribution is 6.17. The van der Waals surface area contributed by atoms with E-state index >= 15 is 0 Å². The van der Waals surface area contributed by atoms with Crippen LogP contribution in [0.25, 0.3) is 6.08 Å². The Morgan fingerprint density at radius 1 is 1.41 bits per heavy atom. The van der Waals surface area contributed by atoms with Crippen molar-refractivity contribution >= 4 is 23.5 Å². The molecule has 2 aromatic rings. The third-order valence-corrected chi connectivity index (χ3v) is 3.99. The van der Waals surface area contributed by atoms with Gasteiger partial charge in [0, 0.05) is 28.8 Å². The Balaban J connectivity index is 1.86. The normalized spacial score (nSPS) is 15.9. The summed E-state index contributed by atoms with van der Waals surface area (Å²) < 4.78 is 7.00. The molecule has 0 atom stereocenters. The largest absolute Gasteiger partial charge is 0.497 e. The second-order valence-corrected chi connectivity index (χ2v) is 5.63. The first-order valence-corrected chi connectivity index (χ1v) is 7.75. The summed E-state index contributed by atoms with van der Waals surface area (Å²) in [6.07, 6.45) is 7.18. The van der Waals surface area contributed by atoms with Crippen LogP contribution in [0.3, 0.4) is 0 Å². The van der Waals surface area contributed by atoms with Crippen LogP contribution in [0.4, 0.5) is 0 Å². The zero-order chi connectivity index (χ0) is 15.5. The van der Waals surface area contributed by atoms with Crippen LogP contribution in [-0.4, -0.2) is 28.6 Å². The molecule has 0 amide bonds. The summed E-state index contributed by atoms with van der Waals surface area (Å²) in [6, 6.07) is 5.63. The average Bonchev–Trinajstić information content (AvgIpc) is 2.97. The predicted octanol–water partition coefficient (Wildman–Crippen LogP) is 3.34. The maximum atomic E-state index is 12.6. The van der Waals surface area contributed by atoms with Crippen molar-refractivity contribution in [3.8, 4) is 5.75 Å². The average molecular weight is 317 g/mol. The molecule has 5 heteroatoms. The molecule has 1 aliphatic rings. The van der Waals surface area contributed by atoms with Gasteiger partial charge in [-0.2, -0.15) is 5.10 Å². The molecule has 22 heavy (non-hydrogen) atoms. The van der Waals surface area contributed by atoms with Gasteiger partial charge in [0.2, 0.25) is 0 Å². The lowest BCUT2D eigenvalue weighted by Gasteiger charge is -2.18. The summed E-state index contributed by atoms with van der Waals surface area (Å²) in [6.45, 7) is 0.668. The van der Waals surface area contributed by atoms with Crippen molar-refractivity contribution in [3.63, 3.8) is 0 Å². The topological polar surface area (TPSA) is 44.1 Å². The van der Waals surface area contributed by atoms with Gasteiger partial charge in [-0.1, -0.05) is 0 Å². The van der Waals surface area contributed by atoms with Crippen LogP contribution < -0.4 is 4.74 Å². The minimum Gasteiger partial charge on any atom is -0.497 e. The Morgan fingerprint density at radius 3 is 3.05 bits per heavy atom. The number of halogens is 1. The Labute approximate surface area is 134 Å². The van der Waals surface area contributed by atoms with Gasteiger partial charge in [0.15, 0.2) is 5.78 Å². The fourth-order valence-electron chi connectivity index (χ4n) is 2.68. The molecule has 0 aliphatic heterocycles. The second-order valence-electron chi connectivity index (χ2n) is 5.25. The number of rotatable bonds is 4. The van der Waals surface area contributed by atoms with E-state index in [0.717, 1.165) is 40.9 Å². The monoisotopic (exact) mass is 316 g/mol. The van der Waals surface area contributed by atoms with Crippen LogP contribution in [0, 0.1) is 0 Å². The third kappa shape index (κ3) is 2.92. The summed E-state index contributed by atoms with van der Waals surface area (Å²) in [5.74, 6) is 1.40. The highest BCUT2D eigenvalue weighted by Gasteiger charge is 2.22. The molecule has 0 saturated heterocycles. The molecular weight excluding hydrogens is 300 g/mol. The molecule has 4 nitrogen and oxygen atoms in total. The highest BCUT2D eigenvalue weighted by atomic mass is 35.5. The summed E-state index contributed by atoms with van der Waals surface area (Å²) in [7, 11) is 1.64. The van der Waals surface area contributed by atoms with E-state index in [-0.39, 0.29) is 5.78 Å². The van der Waals surface area contributed by atoms with Gasteiger partial charge in [0.25, 0.3) is 0 Å². The van der Waals surface area contributed by atoms with E-state index in [1.54, 1.807) is 18.0 Å². The van der Waals surface area contributed by atoms with Crippen LogP contribution in [0.15, 0.2) is 36.2 Å². The molecule has 1 aromatic heterocycles. The predicted molar refractivity (Wildman–Crippen MR) is 86.6 cm³/mol. The molecule has 114 valence electrons. The van der Waals surface area contributed by atoms with Gasteiger partial charge in [0.1, 0.15) is 5.75 Å². The van der Waals surface area contributed by atoms with Gasteiger partial charge >= 0.3 is 0 Å². The van der Waals surface area contributed by atoms with Crippen molar-refractivity contribution in [3.05, 3.63) is 52.9 Å². The lowest BCUT2D eigenvalue weighted by Crippen LogP contribution is -2.14. The number of hydrogen-bond acceptors (Lipinski definition) is 3. The van der Waals surface area contributed by atoms with Gasteiger partial charge < -0.3 is 4.74 Å². The molecule has 0 N–H and O–H groups in total. The van der Waals surface area contributed by atoms with E-state index in [1.165, 1.54) is 0 Å². The number of ether oxygens (including phenoxy) is 1. The van der Waals surface area contributed by atoms with E-state index in [1.807, 2.05) is 30.5 Å². The number of fused-ring (bicyclic) bond motifs is 1. The zero-order valence-corrected chi connectivity index (χ0v) is 13.1. The van der Waals surface area contributed by atoms with E-state index in [4.69, 9.17) is 16.3 Å². The Kier molecular flexibility index (Phi) is 4.29. The highest BCUT2D eigenvalue weighted by Crippen LogP contribution is 2.29. The number of Topliss-reactive ketones (excluding diaryl/α,β-unsaturated/α-hetero) is 1. The lowest BCUT2D eigenvalue weighted by molar-refractivity contribution is 0.102. The van der Waals surface area contributed by atoms with Crippen LogP contribution in [0.1, 0.15) is 27.9 Å². The fourth-order valence-corrected chi connectivity index (χ4v) is 2.86. The summed E-state index contributed by atoms with van der Waals surface area (Å²) in [5, 5.41) is 4.22. The quantitative estimate of drug-likeness (QED) is 0.642. The SMILES string of the molecule is COc1ccc2c(c1)CC/C(=C\c1cnn(CCCl)c1)C2=O. The van der Waals surface area contributed by atoms with Gasteiger partial charge in [-0.05, 0) is 42.7 Å². The van der Waals surface area contributed by atoms with Crippen molar-refractivity contribution in [1.29, 1.82) is 0 Å². The minimum absolute atomic E-state index is 0.0917. The molecule has 0 radical (unpaired) electrons. The minimum atomic E-state index is 0.0917. The number of carbonyl (C=O) groups is 1. The smallest absolute Gasteiger partial charge is 0.189 e. The van der Waals surface area contributed by atoms with Crippen molar-refractivity contribution in [2.45, 2.75) is 19.4 Å². The number of allylic oxidation sites excluding steroid dienone is 1. The van der Waals surface area contributed by atoms with E-state index in [9.17, 15) is 4.79 Å². The van der Waals surface area contributed by atoms with Crippen molar-refractivity contribution < 1.29 is 9.53 Å². The van der Waals surface area contributed by atoms with Crippen LogP contribution in [-0.2, 0) is 13.0 Å². The maximum Gasteiger partial charge on any atom is 0.189 e. The van der Waals surface area contributed by atoms with Crippen molar-refractivity contribution in [2.75, 3.05) is 13.0 Å². The molecule has 0 spiro atoms.